The molecular formula is C14H24N2OS. The Balaban J connectivity index is 2.69. The quantitative estimate of drug-likeness (QED) is 0.799. The molecule has 1 aromatic rings. The number of nitrogens with two attached hydrogens (primary N) is 1. The summed E-state index contributed by atoms with van der Waals surface area (Å²) in [6.07, 6.45) is 2.03. The Hall–Kier alpha value is -0.870. The Morgan fingerprint density at radius 3 is 2.67 bits per heavy atom. The number of carbonyl (C=O) groups is 1. The molecule has 1 aromatic heterocycles. The lowest BCUT2D eigenvalue weighted by atomic mass is 9.94. The average Bonchev–Trinajstić information content (AvgIpc) is 2.82. The molecule has 0 aliphatic rings. The first-order valence-electron chi connectivity index (χ1n) is 6.64. The fourth-order valence-corrected chi connectivity index (χ4v) is 2.84. The standard InChI is InChI=1S/C14H24N2OS/c1-4-6-12(13-7-5-8-18-13)16-14(17)11(9-15)10(2)3/h5,7-8,10-12H,4,6,9,15H2,1-3H3,(H,16,17). The molecule has 1 amide bonds. The average molecular weight is 268 g/mol. The lowest BCUT2D eigenvalue weighted by Crippen LogP contribution is -2.39. The Kier molecular flexibility index (Phi) is 6.36. The van der Waals surface area contributed by atoms with Crippen LogP contribution >= 0.6 is 11.3 Å². The lowest BCUT2D eigenvalue weighted by molar-refractivity contribution is -0.126. The maximum atomic E-state index is 12.2. The van der Waals surface area contributed by atoms with Gasteiger partial charge in [0.1, 0.15) is 0 Å². The fourth-order valence-electron chi connectivity index (χ4n) is 2.02. The molecule has 4 heteroatoms. The zero-order chi connectivity index (χ0) is 13.5. The van der Waals surface area contributed by atoms with Crippen LogP contribution in [0.5, 0.6) is 0 Å². The predicted octanol–water partition coefficient (Wildman–Crippen LogP) is 2.94. The highest BCUT2D eigenvalue weighted by Gasteiger charge is 2.23. The number of hydrogen-bond donors (Lipinski definition) is 2. The van der Waals surface area contributed by atoms with E-state index in [1.54, 1.807) is 11.3 Å². The Bertz CT molecular complexity index is 349. The van der Waals surface area contributed by atoms with Gasteiger partial charge < -0.3 is 11.1 Å². The van der Waals surface area contributed by atoms with Gasteiger partial charge >= 0.3 is 0 Å². The minimum Gasteiger partial charge on any atom is -0.348 e. The Morgan fingerprint density at radius 2 is 2.22 bits per heavy atom. The van der Waals surface area contributed by atoms with E-state index in [0.29, 0.717) is 6.54 Å². The largest absolute Gasteiger partial charge is 0.348 e. The highest BCUT2D eigenvalue weighted by molar-refractivity contribution is 7.10. The normalized spacial score (nSPS) is 14.5. The number of thiophene rings is 1. The molecule has 0 aromatic carbocycles. The van der Waals surface area contributed by atoms with Gasteiger partial charge in [-0.25, -0.2) is 0 Å². The summed E-state index contributed by atoms with van der Waals surface area (Å²) in [6, 6.07) is 4.24. The van der Waals surface area contributed by atoms with E-state index in [9.17, 15) is 4.79 Å². The first-order valence-corrected chi connectivity index (χ1v) is 7.51. The molecule has 0 radical (unpaired) electrons. The molecule has 2 atom stereocenters. The molecule has 1 rings (SSSR count). The highest BCUT2D eigenvalue weighted by Crippen LogP contribution is 2.24. The van der Waals surface area contributed by atoms with Crippen molar-refractivity contribution in [1.29, 1.82) is 0 Å². The minimum atomic E-state index is -0.0932. The molecule has 0 saturated heterocycles. The highest BCUT2D eigenvalue weighted by atomic mass is 32.1. The molecule has 3 N–H and O–H groups in total. The van der Waals surface area contributed by atoms with Gasteiger partial charge in [0.25, 0.3) is 0 Å². The van der Waals surface area contributed by atoms with Crippen LogP contribution in [0.2, 0.25) is 0 Å². The van der Waals surface area contributed by atoms with Crippen LogP contribution in [0.3, 0.4) is 0 Å². The summed E-state index contributed by atoms with van der Waals surface area (Å²) in [5.41, 5.74) is 5.68. The monoisotopic (exact) mass is 268 g/mol. The van der Waals surface area contributed by atoms with Gasteiger partial charge in [-0.15, -0.1) is 11.3 Å². The van der Waals surface area contributed by atoms with E-state index >= 15 is 0 Å². The third kappa shape index (κ3) is 4.10. The Morgan fingerprint density at radius 1 is 1.50 bits per heavy atom. The van der Waals surface area contributed by atoms with Crippen LogP contribution in [0.15, 0.2) is 17.5 Å². The summed E-state index contributed by atoms with van der Waals surface area (Å²) in [7, 11) is 0. The summed E-state index contributed by atoms with van der Waals surface area (Å²) < 4.78 is 0. The van der Waals surface area contributed by atoms with E-state index in [1.165, 1.54) is 4.88 Å². The van der Waals surface area contributed by atoms with Gasteiger partial charge in [-0.05, 0) is 23.8 Å². The first-order chi connectivity index (χ1) is 8.60. The van der Waals surface area contributed by atoms with Gasteiger partial charge in [-0.3, -0.25) is 4.79 Å². The zero-order valence-corrected chi connectivity index (χ0v) is 12.3. The second-order valence-electron chi connectivity index (χ2n) is 4.95. The van der Waals surface area contributed by atoms with Crippen molar-refractivity contribution < 1.29 is 4.79 Å². The van der Waals surface area contributed by atoms with E-state index in [2.05, 4.69) is 18.3 Å². The van der Waals surface area contributed by atoms with Crippen molar-refractivity contribution in [3.8, 4) is 0 Å². The van der Waals surface area contributed by atoms with Crippen LogP contribution in [0.4, 0.5) is 0 Å². The third-order valence-corrected chi connectivity index (χ3v) is 4.16. The van der Waals surface area contributed by atoms with Crippen molar-refractivity contribution >= 4 is 17.2 Å². The van der Waals surface area contributed by atoms with Crippen molar-refractivity contribution in [3.05, 3.63) is 22.4 Å². The summed E-state index contributed by atoms with van der Waals surface area (Å²) in [4.78, 5) is 13.4. The number of amides is 1. The fraction of sp³-hybridized carbons (Fsp3) is 0.643. The molecule has 0 saturated carbocycles. The van der Waals surface area contributed by atoms with Gasteiger partial charge in [0.05, 0.1) is 12.0 Å². The number of rotatable bonds is 7. The minimum absolute atomic E-state index is 0.0827. The van der Waals surface area contributed by atoms with Crippen LogP contribution < -0.4 is 11.1 Å². The van der Waals surface area contributed by atoms with Gasteiger partial charge in [-0.1, -0.05) is 33.3 Å². The maximum absolute atomic E-state index is 12.2. The van der Waals surface area contributed by atoms with Gasteiger partial charge in [0.2, 0.25) is 5.91 Å². The van der Waals surface area contributed by atoms with Crippen LogP contribution in [-0.2, 0) is 4.79 Å². The molecule has 102 valence electrons. The van der Waals surface area contributed by atoms with E-state index in [4.69, 9.17) is 5.73 Å². The topological polar surface area (TPSA) is 55.1 Å². The van der Waals surface area contributed by atoms with E-state index < -0.39 is 0 Å². The molecule has 1 heterocycles. The van der Waals surface area contributed by atoms with Crippen LogP contribution in [0, 0.1) is 11.8 Å². The zero-order valence-electron chi connectivity index (χ0n) is 11.5. The second kappa shape index (κ2) is 7.54. The Labute approximate surface area is 114 Å². The van der Waals surface area contributed by atoms with Gasteiger partial charge in [-0.2, -0.15) is 0 Å². The molecular weight excluding hydrogens is 244 g/mol. The molecule has 3 nitrogen and oxygen atoms in total. The second-order valence-corrected chi connectivity index (χ2v) is 5.93. The maximum Gasteiger partial charge on any atom is 0.225 e. The lowest BCUT2D eigenvalue weighted by Gasteiger charge is -2.23. The van der Waals surface area contributed by atoms with Crippen LogP contribution in [-0.4, -0.2) is 12.5 Å². The molecule has 0 fully saturated rings. The van der Waals surface area contributed by atoms with Gasteiger partial charge in [0, 0.05) is 11.4 Å². The number of nitrogens with one attached hydrogen (secondary N) is 1. The van der Waals surface area contributed by atoms with Gasteiger partial charge in [0.15, 0.2) is 0 Å². The summed E-state index contributed by atoms with van der Waals surface area (Å²) in [5.74, 6) is 0.268. The molecule has 0 bridgehead atoms. The van der Waals surface area contributed by atoms with E-state index in [0.717, 1.165) is 12.8 Å². The summed E-state index contributed by atoms with van der Waals surface area (Å²) >= 11 is 1.69. The van der Waals surface area contributed by atoms with Crippen molar-refractivity contribution in [1.82, 2.24) is 5.32 Å². The van der Waals surface area contributed by atoms with Crippen LogP contribution in [0.1, 0.15) is 44.5 Å². The molecule has 2 unspecified atom stereocenters. The SMILES string of the molecule is CCCC(NC(=O)C(CN)C(C)C)c1cccs1. The smallest absolute Gasteiger partial charge is 0.225 e. The third-order valence-electron chi connectivity index (χ3n) is 3.18. The molecule has 0 aliphatic carbocycles. The van der Waals surface area contributed by atoms with E-state index in [1.807, 2.05) is 25.3 Å². The first kappa shape index (κ1) is 15.2. The molecule has 18 heavy (non-hydrogen) atoms. The van der Waals surface area contributed by atoms with Crippen molar-refractivity contribution in [2.45, 2.75) is 39.7 Å². The van der Waals surface area contributed by atoms with Crippen LogP contribution in [0.25, 0.3) is 0 Å². The molecule has 0 spiro atoms. The summed E-state index contributed by atoms with van der Waals surface area (Å²) in [5, 5.41) is 5.19. The van der Waals surface area contributed by atoms with Crippen molar-refractivity contribution in [2.75, 3.05) is 6.54 Å². The predicted molar refractivity (Wildman–Crippen MR) is 77.5 cm³/mol. The van der Waals surface area contributed by atoms with E-state index in [-0.39, 0.29) is 23.8 Å². The van der Waals surface area contributed by atoms with Crippen molar-refractivity contribution in [2.24, 2.45) is 17.6 Å². The molecule has 0 aliphatic heterocycles. The number of hydrogen-bond acceptors (Lipinski definition) is 3. The summed E-state index contributed by atoms with van der Waals surface area (Å²) in [6.45, 7) is 6.62. The van der Waals surface area contributed by atoms with Crippen molar-refractivity contribution in [3.63, 3.8) is 0 Å². The number of carbonyl (C=O) groups excluding carboxylic acids is 1.